The van der Waals surface area contributed by atoms with E-state index in [9.17, 15) is 4.79 Å². The molecule has 0 saturated carbocycles. The standard InChI is InChI=1S/C18H25N3O3/c1-12(8-9-22)19-17(23)14-7-5-6-13(10-14)16-20-15(24-21-16)11-18(2,3)4/h5-7,10,12,22H,8-9,11H2,1-4H3,(H,19,23). The highest BCUT2D eigenvalue weighted by molar-refractivity contribution is 5.95. The van der Waals surface area contributed by atoms with E-state index in [4.69, 9.17) is 9.63 Å². The molecule has 24 heavy (non-hydrogen) atoms. The van der Waals surface area contributed by atoms with Gasteiger partial charge in [0.1, 0.15) is 0 Å². The van der Waals surface area contributed by atoms with Crippen LogP contribution in [0.15, 0.2) is 28.8 Å². The molecule has 6 heteroatoms. The van der Waals surface area contributed by atoms with Gasteiger partial charge in [-0.05, 0) is 30.9 Å². The molecule has 1 atom stereocenters. The third-order valence-electron chi connectivity index (χ3n) is 3.47. The van der Waals surface area contributed by atoms with Crippen LogP contribution in [0.4, 0.5) is 0 Å². The van der Waals surface area contributed by atoms with Gasteiger partial charge in [0.15, 0.2) is 0 Å². The fourth-order valence-electron chi connectivity index (χ4n) is 2.27. The van der Waals surface area contributed by atoms with Crippen molar-refractivity contribution in [3.63, 3.8) is 0 Å². The lowest BCUT2D eigenvalue weighted by atomic mass is 9.92. The van der Waals surface area contributed by atoms with E-state index in [2.05, 4.69) is 36.2 Å². The van der Waals surface area contributed by atoms with Gasteiger partial charge in [0.25, 0.3) is 5.91 Å². The van der Waals surface area contributed by atoms with Crippen molar-refractivity contribution in [2.75, 3.05) is 6.61 Å². The van der Waals surface area contributed by atoms with Gasteiger partial charge < -0.3 is 14.9 Å². The molecule has 2 rings (SSSR count). The molecule has 130 valence electrons. The molecule has 0 fully saturated rings. The SMILES string of the molecule is CC(CCO)NC(=O)c1cccc(-c2noc(CC(C)(C)C)n2)c1. The number of benzene rings is 1. The predicted molar refractivity (Wildman–Crippen MR) is 91.5 cm³/mol. The van der Waals surface area contributed by atoms with Crippen LogP contribution in [0.5, 0.6) is 0 Å². The molecule has 1 unspecified atom stereocenters. The van der Waals surface area contributed by atoms with Crippen LogP contribution in [0.25, 0.3) is 11.4 Å². The van der Waals surface area contributed by atoms with Gasteiger partial charge in [-0.15, -0.1) is 0 Å². The second-order valence-corrected chi connectivity index (χ2v) is 7.22. The van der Waals surface area contributed by atoms with Gasteiger partial charge in [-0.3, -0.25) is 4.79 Å². The largest absolute Gasteiger partial charge is 0.396 e. The molecule has 1 aromatic heterocycles. The Labute approximate surface area is 142 Å². The molecule has 0 spiro atoms. The number of carbonyl (C=O) groups excluding carboxylic acids is 1. The van der Waals surface area contributed by atoms with Crippen molar-refractivity contribution in [2.24, 2.45) is 5.41 Å². The number of nitrogens with zero attached hydrogens (tertiary/aromatic N) is 2. The number of rotatable bonds is 6. The van der Waals surface area contributed by atoms with Gasteiger partial charge in [0.05, 0.1) is 0 Å². The van der Waals surface area contributed by atoms with Crippen LogP contribution in [0.1, 0.15) is 50.4 Å². The summed E-state index contributed by atoms with van der Waals surface area (Å²) in [6.07, 6.45) is 1.21. The van der Waals surface area contributed by atoms with E-state index in [0.29, 0.717) is 30.1 Å². The van der Waals surface area contributed by atoms with Crippen molar-refractivity contribution in [3.05, 3.63) is 35.7 Å². The first-order chi connectivity index (χ1) is 11.3. The highest BCUT2D eigenvalue weighted by Gasteiger charge is 2.18. The molecule has 0 aliphatic rings. The molecule has 0 radical (unpaired) electrons. The van der Waals surface area contributed by atoms with E-state index < -0.39 is 0 Å². The number of nitrogens with one attached hydrogen (secondary N) is 1. The maximum absolute atomic E-state index is 12.2. The van der Waals surface area contributed by atoms with Crippen LogP contribution >= 0.6 is 0 Å². The van der Waals surface area contributed by atoms with Crippen LogP contribution < -0.4 is 5.32 Å². The lowest BCUT2D eigenvalue weighted by molar-refractivity contribution is 0.0934. The Hall–Kier alpha value is -2.21. The molecular weight excluding hydrogens is 306 g/mol. The normalized spacial score (nSPS) is 12.9. The average Bonchev–Trinajstić information content (AvgIpc) is 2.94. The van der Waals surface area contributed by atoms with E-state index >= 15 is 0 Å². The van der Waals surface area contributed by atoms with Crippen LogP contribution in [0.3, 0.4) is 0 Å². The van der Waals surface area contributed by atoms with E-state index in [0.717, 1.165) is 5.56 Å². The van der Waals surface area contributed by atoms with Crippen LogP contribution in [-0.4, -0.2) is 33.8 Å². The molecule has 0 aliphatic heterocycles. The highest BCUT2D eigenvalue weighted by atomic mass is 16.5. The van der Waals surface area contributed by atoms with Gasteiger partial charge in [0.2, 0.25) is 11.7 Å². The van der Waals surface area contributed by atoms with Gasteiger partial charge in [-0.2, -0.15) is 4.98 Å². The Kier molecular flexibility index (Phi) is 5.72. The summed E-state index contributed by atoms with van der Waals surface area (Å²) in [6.45, 7) is 8.22. The van der Waals surface area contributed by atoms with Crippen molar-refractivity contribution >= 4 is 5.91 Å². The van der Waals surface area contributed by atoms with Gasteiger partial charge in [-0.25, -0.2) is 0 Å². The minimum Gasteiger partial charge on any atom is -0.396 e. The fraction of sp³-hybridized carbons (Fsp3) is 0.500. The highest BCUT2D eigenvalue weighted by Crippen LogP contribution is 2.22. The Balaban J connectivity index is 2.14. The molecule has 2 N–H and O–H groups in total. The lowest BCUT2D eigenvalue weighted by Gasteiger charge is -2.13. The first kappa shape index (κ1) is 18.1. The third-order valence-corrected chi connectivity index (χ3v) is 3.47. The van der Waals surface area contributed by atoms with Crippen LogP contribution in [0, 0.1) is 5.41 Å². The molecule has 0 saturated heterocycles. The molecule has 0 bridgehead atoms. The zero-order valence-electron chi connectivity index (χ0n) is 14.7. The van der Waals surface area contributed by atoms with Gasteiger partial charge >= 0.3 is 0 Å². The molecule has 0 aliphatic carbocycles. The molecule has 1 amide bonds. The quantitative estimate of drug-likeness (QED) is 0.850. The average molecular weight is 331 g/mol. The van der Waals surface area contributed by atoms with E-state index in [1.165, 1.54) is 0 Å². The number of aliphatic hydroxyl groups is 1. The number of aromatic nitrogens is 2. The van der Waals surface area contributed by atoms with E-state index in [1.807, 2.05) is 13.0 Å². The fourth-order valence-corrected chi connectivity index (χ4v) is 2.27. The second-order valence-electron chi connectivity index (χ2n) is 7.22. The Morgan fingerprint density at radius 1 is 1.38 bits per heavy atom. The molecule has 1 aromatic carbocycles. The first-order valence-electron chi connectivity index (χ1n) is 8.13. The summed E-state index contributed by atoms with van der Waals surface area (Å²) in [5.74, 6) is 0.882. The minimum absolute atomic E-state index is 0.0426. The van der Waals surface area contributed by atoms with E-state index in [-0.39, 0.29) is 24.0 Å². The summed E-state index contributed by atoms with van der Waals surface area (Å²) < 4.78 is 5.30. The smallest absolute Gasteiger partial charge is 0.251 e. The minimum atomic E-state index is -0.184. The van der Waals surface area contributed by atoms with E-state index in [1.54, 1.807) is 18.2 Å². The zero-order chi connectivity index (χ0) is 17.7. The summed E-state index contributed by atoms with van der Waals surface area (Å²) in [5.41, 5.74) is 1.33. The summed E-state index contributed by atoms with van der Waals surface area (Å²) in [6, 6.07) is 7.03. The Morgan fingerprint density at radius 3 is 2.79 bits per heavy atom. The number of hydrogen-bond donors (Lipinski definition) is 2. The third kappa shape index (κ3) is 5.16. The topological polar surface area (TPSA) is 88.2 Å². The zero-order valence-corrected chi connectivity index (χ0v) is 14.7. The number of amides is 1. The summed E-state index contributed by atoms with van der Waals surface area (Å²) in [7, 11) is 0. The molecule has 6 nitrogen and oxygen atoms in total. The van der Waals surface area contributed by atoms with Crippen LogP contribution in [-0.2, 0) is 6.42 Å². The lowest BCUT2D eigenvalue weighted by Crippen LogP contribution is -2.33. The molecule has 1 heterocycles. The number of carbonyl (C=O) groups is 1. The summed E-state index contributed by atoms with van der Waals surface area (Å²) in [4.78, 5) is 16.7. The van der Waals surface area contributed by atoms with Crippen molar-refractivity contribution in [1.82, 2.24) is 15.5 Å². The maximum Gasteiger partial charge on any atom is 0.251 e. The Morgan fingerprint density at radius 2 is 2.12 bits per heavy atom. The monoisotopic (exact) mass is 331 g/mol. The van der Waals surface area contributed by atoms with Crippen molar-refractivity contribution in [2.45, 2.75) is 46.6 Å². The summed E-state index contributed by atoms with van der Waals surface area (Å²) >= 11 is 0. The number of hydrogen-bond acceptors (Lipinski definition) is 5. The van der Waals surface area contributed by atoms with Crippen molar-refractivity contribution < 1.29 is 14.4 Å². The van der Waals surface area contributed by atoms with Gasteiger partial charge in [-0.1, -0.05) is 38.1 Å². The van der Waals surface area contributed by atoms with Crippen LogP contribution in [0.2, 0.25) is 0 Å². The molecular formula is C18H25N3O3. The first-order valence-corrected chi connectivity index (χ1v) is 8.13. The Bertz CT molecular complexity index is 689. The maximum atomic E-state index is 12.2. The second kappa shape index (κ2) is 7.57. The van der Waals surface area contributed by atoms with Crippen molar-refractivity contribution in [3.8, 4) is 11.4 Å². The predicted octanol–water partition coefficient (Wildman–Crippen LogP) is 2.83. The number of aliphatic hydroxyl groups excluding tert-OH is 1. The molecule has 2 aromatic rings. The van der Waals surface area contributed by atoms with Crippen molar-refractivity contribution in [1.29, 1.82) is 0 Å². The summed E-state index contributed by atoms with van der Waals surface area (Å²) in [5, 5.41) is 15.8. The van der Waals surface area contributed by atoms with Gasteiger partial charge in [0, 0.05) is 30.2 Å².